The zero-order valence-electron chi connectivity index (χ0n) is 18.3. The maximum atomic E-state index is 12.5. The molecule has 2 aromatic heterocycles. The van der Waals surface area contributed by atoms with Crippen LogP contribution in [0.25, 0.3) is 11.4 Å². The predicted molar refractivity (Wildman–Crippen MR) is 118 cm³/mol. The molecule has 2 aliphatic heterocycles. The fourth-order valence-corrected chi connectivity index (χ4v) is 4.41. The van der Waals surface area contributed by atoms with Crippen LogP contribution in [0.5, 0.6) is 0 Å². The maximum Gasteiger partial charge on any atom is 0.239 e. The summed E-state index contributed by atoms with van der Waals surface area (Å²) in [5, 5.41) is 7.75. The number of piperidine rings is 1. The molecular weight excluding hydrogens is 392 g/mol. The number of amides is 2. The number of aryl methyl sites for hydroxylation is 1. The Labute approximate surface area is 183 Å². The summed E-state index contributed by atoms with van der Waals surface area (Å²) in [4.78, 5) is 33.1. The van der Waals surface area contributed by atoms with Crippen LogP contribution in [0.1, 0.15) is 44.2 Å². The second kappa shape index (κ2) is 10.0. The number of nitrogens with zero attached hydrogens (tertiary/aromatic N) is 5. The summed E-state index contributed by atoms with van der Waals surface area (Å²) >= 11 is 0. The molecule has 2 aliphatic rings. The molecule has 0 bridgehead atoms. The van der Waals surface area contributed by atoms with Gasteiger partial charge in [0, 0.05) is 51.9 Å². The van der Waals surface area contributed by atoms with Crippen LogP contribution >= 0.6 is 0 Å². The standard InChI is InChI=1S/C23H32N6O2/c1-27-19(15-21(26-27)20-7-4-5-11-24-20)16-28-13-9-18(10-14-28)25-22(30)17-29-12-6-2-3-8-23(29)31/h4-5,7,11,15,18H,2-3,6,8-10,12-14,16-17H2,1H3,(H,25,30). The number of carbonyl (C=O) groups is 2. The second-order valence-corrected chi connectivity index (χ2v) is 8.60. The molecule has 0 aliphatic carbocycles. The first-order valence-corrected chi connectivity index (χ1v) is 11.3. The molecule has 2 aromatic rings. The van der Waals surface area contributed by atoms with Crippen LogP contribution in [0.2, 0.25) is 0 Å². The minimum absolute atomic E-state index is 0.0275. The summed E-state index contributed by atoms with van der Waals surface area (Å²) < 4.78 is 1.93. The summed E-state index contributed by atoms with van der Waals surface area (Å²) in [6.07, 6.45) is 7.20. The normalized spacial score (nSPS) is 18.7. The lowest BCUT2D eigenvalue weighted by Crippen LogP contribution is -2.48. The third kappa shape index (κ3) is 5.70. The van der Waals surface area contributed by atoms with Gasteiger partial charge in [0.15, 0.2) is 0 Å². The lowest BCUT2D eigenvalue weighted by Gasteiger charge is -2.32. The van der Waals surface area contributed by atoms with E-state index < -0.39 is 0 Å². The molecule has 4 heterocycles. The summed E-state index contributed by atoms with van der Waals surface area (Å²) in [5.74, 6) is 0.0871. The van der Waals surface area contributed by atoms with Gasteiger partial charge in [-0.15, -0.1) is 0 Å². The molecule has 166 valence electrons. The molecule has 4 rings (SSSR count). The van der Waals surface area contributed by atoms with Gasteiger partial charge < -0.3 is 10.2 Å². The van der Waals surface area contributed by atoms with Gasteiger partial charge in [-0.25, -0.2) is 0 Å². The first-order valence-electron chi connectivity index (χ1n) is 11.3. The Morgan fingerprint density at radius 2 is 1.97 bits per heavy atom. The number of pyridine rings is 1. The van der Waals surface area contributed by atoms with E-state index >= 15 is 0 Å². The van der Waals surface area contributed by atoms with E-state index in [4.69, 9.17) is 0 Å². The first kappa shape index (κ1) is 21.5. The Hall–Kier alpha value is -2.74. The van der Waals surface area contributed by atoms with Crippen molar-refractivity contribution in [2.24, 2.45) is 7.05 Å². The summed E-state index contributed by atoms with van der Waals surface area (Å²) in [7, 11) is 1.97. The summed E-state index contributed by atoms with van der Waals surface area (Å²) in [5.41, 5.74) is 2.93. The lowest BCUT2D eigenvalue weighted by molar-refractivity contribution is -0.135. The van der Waals surface area contributed by atoms with Crippen molar-refractivity contribution in [1.29, 1.82) is 0 Å². The van der Waals surface area contributed by atoms with Crippen molar-refractivity contribution in [2.45, 2.75) is 51.1 Å². The summed E-state index contributed by atoms with van der Waals surface area (Å²) in [6.45, 7) is 3.59. The Morgan fingerprint density at radius 1 is 1.13 bits per heavy atom. The molecule has 0 aromatic carbocycles. The molecule has 0 spiro atoms. The van der Waals surface area contributed by atoms with Crippen LogP contribution in [-0.4, -0.2) is 68.6 Å². The van der Waals surface area contributed by atoms with E-state index in [0.29, 0.717) is 13.0 Å². The highest BCUT2D eigenvalue weighted by molar-refractivity contribution is 5.85. The number of carbonyl (C=O) groups excluding carboxylic acids is 2. The molecule has 2 saturated heterocycles. The van der Waals surface area contributed by atoms with Crippen LogP contribution in [0.15, 0.2) is 30.5 Å². The van der Waals surface area contributed by atoms with Crippen molar-refractivity contribution in [1.82, 2.24) is 29.9 Å². The molecule has 0 atom stereocenters. The number of aromatic nitrogens is 3. The predicted octanol–water partition coefficient (Wildman–Crippen LogP) is 1.97. The van der Waals surface area contributed by atoms with Crippen LogP contribution < -0.4 is 5.32 Å². The van der Waals surface area contributed by atoms with Gasteiger partial charge in [-0.3, -0.25) is 24.2 Å². The largest absolute Gasteiger partial charge is 0.352 e. The Balaban J connectivity index is 1.24. The van der Waals surface area contributed by atoms with Crippen molar-refractivity contribution >= 4 is 11.8 Å². The van der Waals surface area contributed by atoms with E-state index in [1.54, 1.807) is 11.1 Å². The van der Waals surface area contributed by atoms with Gasteiger partial charge in [0.05, 0.1) is 17.9 Å². The minimum Gasteiger partial charge on any atom is -0.352 e. The highest BCUT2D eigenvalue weighted by Crippen LogP contribution is 2.19. The third-order valence-electron chi connectivity index (χ3n) is 6.25. The van der Waals surface area contributed by atoms with Crippen LogP contribution in [0.4, 0.5) is 0 Å². The summed E-state index contributed by atoms with van der Waals surface area (Å²) in [6, 6.07) is 8.13. The van der Waals surface area contributed by atoms with Gasteiger partial charge in [-0.1, -0.05) is 12.5 Å². The molecule has 1 N–H and O–H groups in total. The Morgan fingerprint density at radius 3 is 2.74 bits per heavy atom. The first-order chi connectivity index (χ1) is 15.1. The average molecular weight is 425 g/mol. The van der Waals surface area contributed by atoms with Crippen molar-refractivity contribution in [2.75, 3.05) is 26.2 Å². The van der Waals surface area contributed by atoms with Gasteiger partial charge in [-0.05, 0) is 43.9 Å². The Kier molecular flexibility index (Phi) is 6.96. The molecular formula is C23H32N6O2. The highest BCUT2D eigenvalue weighted by Gasteiger charge is 2.24. The Bertz CT molecular complexity index is 889. The van der Waals surface area contributed by atoms with E-state index in [2.05, 4.69) is 26.4 Å². The van der Waals surface area contributed by atoms with E-state index in [1.807, 2.05) is 29.9 Å². The molecule has 0 saturated carbocycles. The van der Waals surface area contributed by atoms with Crippen molar-refractivity contribution in [3.05, 3.63) is 36.2 Å². The molecule has 8 nitrogen and oxygen atoms in total. The minimum atomic E-state index is -0.0275. The van der Waals surface area contributed by atoms with Crippen LogP contribution in [-0.2, 0) is 23.2 Å². The van der Waals surface area contributed by atoms with E-state index in [1.165, 1.54) is 0 Å². The second-order valence-electron chi connectivity index (χ2n) is 8.60. The number of hydrogen-bond acceptors (Lipinski definition) is 5. The topological polar surface area (TPSA) is 83.4 Å². The average Bonchev–Trinajstić information content (AvgIpc) is 3.02. The zero-order valence-corrected chi connectivity index (χ0v) is 18.3. The van der Waals surface area contributed by atoms with E-state index in [-0.39, 0.29) is 24.4 Å². The third-order valence-corrected chi connectivity index (χ3v) is 6.25. The fraction of sp³-hybridized carbons (Fsp3) is 0.565. The maximum absolute atomic E-state index is 12.5. The number of hydrogen-bond donors (Lipinski definition) is 1. The molecule has 2 fully saturated rings. The van der Waals surface area contributed by atoms with Gasteiger partial charge in [0.2, 0.25) is 11.8 Å². The fourth-order valence-electron chi connectivity index (χ4n) is 4.41. The zero-order chi connectivity index (χ0) is 21.6. The van der Waals surface area contributed by atoms with Gasteiger partial charge in [-0.2, -0.15) is 5.10 Å². The van der Waals surface area contributed by atoms with E-state index in [9.17, 15) is 9.59 Å². The monoisotopic (exact) mass is 424 g/mol. The SMILES string of the molecule is Cn1nc(-c2ccccn2)cc1CN1CCC(NC(=O)CN2CCCCCC2=O)CC1. The van der Waals surface area contributed by atoms with E-state index in [0.717, 1.165) is 68.8 Å². The van der Waals surface area contributed by atoms with Gasteiger partial charge in [0.1, 0.15) is 5.69 Å². The van der Waals surface area contributed by atoms with Crippen molar-refractivity contribution < 1.29 is 9.59 Å². The molecule has 31 heavy (non-hydrogen) atoms. The van der Waals surface area contributed by atoms with Crippen LogP contribution in [0.3, 0.4) is 0 Å². The smallest absolute Gasteiger partial charge is 0.239 e. The highest BCUT2D eigenvalue weighted by atomic mass is 16.2. The number of likely N-dealkylation sites (tertiary alicyclic amines) is 2. The van der Waals surface area contributed by atoms with Crippen LogP contribution in [0, 0.1) is 0 Å². The molecule has 8 heteroatoms. The molecule has 0 unspecified atom stereocenters. The number of rotatable bonds is 6. The van der Waals surface area contributed by atoms with Gasteiger partial charge >= 0.3 is 0 Å². The molecule has 0 radical (unpaired) electrons. The number of nitrogens with one attached hydrogen (secondary N) is 1. The molecule has 2 amide bonds. The van der Waals surface area contributed by atoms with Crippen molar-refractivity contribution in [3.63, 3.8) is 0 Å². The lowest BCUT2D eigenvalue weighted by atomic mass is 10.0. The quantitative estimate of drug-likeness (QED) is 0.767. The van der Waals surface area contributed by atoms with Crippen molar-refractivity contribution in [3.8, 4) is 11.4 Å². The van der Waals surface area contributed by atoms with Gasteiger partial charge in [0.25, 0.3) is 0 Å².